The van der Waals surface area contributed by atoms with Crippen molar-refractivity contribution >= 4 is 15.9 Å². The van der Waals surface area contributed by atoms with Crippen molar-refractivity contribution in [1.29, 1.82) is 0 Å². The summed E-state index contributed by atoms with van der Waals surface area (Å²) < 4.78 is 9.08. The summed E-state index contributed by atoms with van der Waals surface area (Å²) in [7, 11) is 2.01. The van der Waals surface area contributed by atoms with Gasteiger partial charge in [-0.3, -0.25) is 4.68 Å². The third kappa shape index (κ3) is 2.02. The summed E-state index contributed by atoms with van der Waals surface area (Å²) in [5, 5.41) is 7.96. The van der Waals surface area contributed by atoms with Crippen LogP contribution in [0.4, 0.5) is 0 Å². The van der Waals surface area contributed by atoms with Crippen LogP contribution in [0.25, 0.3) is 0 Å². The molecule has 4 nitrogen and oxygen atoms in total. The Morgan fingerprint density at radius 2 is 2.44 bits per heavy atom. The van der Waals surface area contributed by atoms with Crippen molar-refractivity contribution in [1.82, 2.24) is 15.1 Å². The van der Waals surface area contributed by atoms with E-state index in [-0.39, 0.29) is 0 Å². The van der Waals surface area contributed by atoms with Gasteiger partial charge < -0.3 is 10.1 Å². The molecule has 3 rings (SSSR count). The highest BCUT2D eigenvalue weighted by Crippen LogP contribution is 2.45. The molecule has 0 amide bonds. The van der Waals surface area contributed by atoms with Gasteiger partial charge >= 0.3 is 0 Å². The molecule has 1 N–H and O–H groups in total. The van der Waals surface area contributed by atoms with Gasteiger partial charge in [0.05, 0.1) is 34.6 Å². The monoisotopic (exact) mass is 313 g/mol. The van der Waals surface area contributed by atoms with Crippen molar-refractivity contribution in [3.8, 4) is 0 Å². The Bertz CT molecular complexity index is 414. The van der Waals surface area contributed by atoms with Crippen LogP contribution in [-0.2, 0) is 11.8 Å². The topological polar surface area (TPSA) is 39.1 Å². The Hall–Kier alpha value is -0.390. The fourth-order valence-corrected chi connectivity index (χ4v) is 4.06. The number of ether oxygens (including phenoxy) is 1. The molecule has 1 aromatic rings. The Balaban J connectivity index is 1.88. The SMILES string of the molecule is CCNC(c1c(Br)cnn1C)C1CC2CCC1O2. The number of nitrogens with zero attached hydrogens (tertiary/aromatic N) is 2. The number of nitrogens with one attached hydrogen (secondary N) is 1. The lowest BCUT2D eigenvalue weighted by Gasteiger charge is -2.29. The van der Waals surface area contributed by atoms with Crippen LogP contribution in [0.5, 0.6) is 0 Å². The molecule has 2 aliphatic rings. The lowest BCUT2D eigenvalue weighted by atomic mass is 9.82. The Labute approximate surface area is 116 Å². The maximum atomic E-state index is 6.00. The van der Waals surface area contributed by atoms with E-state index in [0.29, 0.717) is 24.2 Å². The smallest absolute Gasteiger partial charge is 0.0696 e. The first-order chi connectivity index (χ1) is 8.70. The third-order valence-electron chi connectivity index (χ3n) is 4.24. The quantitative estimate of drug-likeness (QED) is 0.927. The molecule has 0 radical (unpaired) electrons. The van der Waals surface area contributed by atoms with Crippen LogP contribution in [0.15, 0.2) is 10.7 Å². The molecule has 2 fully saturated rings. The van der Waals surface area contributed by atoms with E-state index in [9.17, 15) is 0 Å². The minimum atomic E-state index is 0.340. The first kappa shape index (κ1) is 12.6. The largest absolute Gasteiger partial charge is 0.375 e. The predicted octanol–water partition coefficient (Wildman–Crippen LogP) is 2.40. The summed E-state index contributed by atoms with van der Waals surface area (Å²) in [4.78, 5) is 0. The predicted molar refractivity (Wildman–Crippen MR) is 73.3 cm³/mol. The molecular formula is C13H20BrN3O. The standard InChI is InChI=1S/C13H20BrN3O/c1-3-15-12(13-10(14)7-16-17(13)2)9-6-8-4-5-11(9)18-8/h7-9,11-12,15H,3-6H2,1-2H3. The van der Waals surface area contributed by atoms with Gasteiger partial charge in [0.25, 0.3) is 0 Å². The molecule has 1 aromatic heterocycles. The summed E-state index contributed by atoms with van der Waals surface area (Å²) in [5.74, 6) is 0.579. The van der Waals surface area contributed by atoms with E-state index in [1.165, 1.54) is 25.0 Å². The van der Waals surface area contributed by atoms with Crippen LogP contribution >= 0.6 is 15.9 Å². The normalized spacial score (nSPS) is 32.1. The second-order valence-corrected chi connectivity index (χ2v) is 6.16. The van der Waals surface area contributed by atoms with Gasteiger partial charge in [0.1, 0.15) is 0 Å². The second-order valence-electron chi connectivity index (χ2n) is 5.31. The molecule has 2 aliphatic heterocycles. The first-order valence-corrected chi connectivity index (χ1v) is 7.56. The number of rotatable bonds is 4. The van der Waals surface area contributed by atoms with E-state index in [1.807, 2.05) is 17.9 Å². The van der Waals surface area contributed by atoms with Crippen molar-refractivity contribution in [3.05, 3.63) is 16.4 Å². The van der Waals surface area contributed by atoms with Gasteiger partial charge in [-0.2, -0.15) is 5.10 Å². The molecule has 18 heavy (non-hydrogen) atoms. The lowest BCUT2D eigenvalue weighted by Crippen LogP contribution is -2.35. The highest BCUT2D eigenvalue weighted by atomic mass is 79.9. The summed E-state index contributed by atoms with van der Waals surface area (Å²) >= 11 is 3.62. The van der Waals surface area contributed by atoms with Crippen LogP contribution in [0, 0.1) is 5.92 Å². The number of hydrogen-bond acceptors (Lipinski definition) is 3. The maximum Gasteiger partial charge on any atom is 0.0696 e. The average Bonchev–Trinajstić information content (AvgIpc) is 3.04. The van der Waals surface area contributed by atoms with Crippen LogP contribution in [-0.4, -0.2) is 28.5 Å². The number of hydrogen-bond donors (Lipinski definition) is 1. The Morgan fingerprint density at radius 1 is 1.61 bits per heavy atom. The zero-order valence-corrected chi connectivity index (χ0v) is 12.5. The van der Waals surface area contributed by atoms with Crippen molar-refractivity contribution < 1.29 is 4.74 Å². The first-order valence-electron chi connectivity index (χ1n) is 6.77. The molecule has 100 valence electrons. The highest BCUT2D eigenvalue weighted by molar-refractivity contribution is 9.10. The number of aromatic nitrogens is 2. The Kier molecular flexibility index (Phi) is 3.47. The number of fused-ring (bicyclic) bond motifs is 2. The van der Waals surface area contributed by atoms with Gasteiger partial charge in [0, 0.05) is 13.0 Å². The van der Waals surface area contributed by atoms with E-state index in [0.717, 1.165) is 11.0 Å². The molecule has 4 atom stereocenters. The van der Waals surface area contributed by atoms with Crippen molar-refractivity contribution in [3.63, 3.8) is 0 Å². The van der Waals surface area contributed by atoms with Gasteiger partial charge in [0.2, 0.25) is 0 Å². The van der Waals surface area contributed by atoms with E-state index >= 15 is 0 Å². The summed E-state index contributed by atoms with van der Waals surface area (Å²) in [6.45, 7) is 3.13. The zero-order chi connectivity index (χ0) is 12.7. The molecule has 0 saturated carbocycles. The van der Waals surface area contributed by atoms with Crippen LogP contribution < -0.4 is 5.32 Å². The molecule has 0 spiro atoms. The molecule has 0 aliphatic carbocycles. The van der Waals surface area contributed by atoms with Gasteiger partial charge in [-0.05, 0) is 41.7 Å². The molecular weight excluding hydrogens is 294 g/mol. The van der Waals surface area contributed by atoms with E-state index in [4.69, 9.17) is 4.74 Å². The zero-order valence-electron chi connectivity index (χ0n) is 10.9. The molecule has 2 bridgehead atoms. The minimum Gasteiger partial charge on any atom is -0.375 e. The highest BCUT2D eigenvalue weighted by Gasteiger charge is 2.45. The summed E-state index contributed by atoms with van der Waals surface area (Å²) in [6, 6.07) is 0.340. The molecule has 0 aromatic carbocycles. The van der Waals surface area contributed by atoms with Crippen molar-refractivity contribution in [2.24, 2.45) is 13.0 Å². The van der Waals surface area contributed by atoms with Gasteiger partial charge in [-0.25, -0.2) is 0 Å². The number of aryl methyl sites for hydroxylation is 1. The second kappa shape index (κ2) is 4.94. The van der Waals surface area contributed by atoms with E-state index in [2.05, 4.69) is 33.3 Å². The minimum absolute atomic E-state index is 0.340. The summed E-state index contributed by atoms with van der Waals surface area (Å²) in [5.41, 5.74) is 1.25. The van der Waals surface area contributed by atoms with Gasteiger partial charge in [0.15, 0.2) is 0 Å². The Morgan fingerprint density at radius 3 is 2.94 bits per heavy atom. The van der Waals surface area contributed by atoms with Crippen LogP contribution in [0.2, 0.25) is 0 Å². The fraction of sp³-hybridized carbons (Fsp3) is 0.769. The van der Waals surface area contributed by atoms with Crippen molar-refractivity contribution in [2.75, 3.05) is 6.54 Å². The van der Waals surface area contributed by atoms with Gasteiger partial charge in [-0.15, -0.1) is 0 Å². The number of halogens is 1. The molecule has 4 unspecified atom stereocenters. The average molecular weight is 314 g/mol. The van der Waals surface area contributed by atoms with E-state index in [1.54, 1.807) is 0 Å². The maximum absolute atomic E-state index is 6.00. The molecule has 5 heteroatoms. The van der Waals surface area contributed by atoms with Gasteiger partial charge in [-0.1, -0.05) is 6.92 Å². The lowest BCUT2D eigenvalue weighted by molar-refractivity contribution is 0.0851. The van der Waals surface area contributed by atoms with Crippen LogP contribution in [0.3, 0.4) is 0 Å². The van der Waals surface area contributed by atoms with Crippen molar-refractivity contribution in [2.45, 2.75) is 44.4 Å². The summed E-state index contributed by atoms with van der Waals surface area (Å²) in [6.07, 6.45) is 6.45. The third-order valence-corrected chi connectivity index (χ3v) is 4.85. The molecule has 2 saturated heterocycles. The fourth-order valence-electron chi connectivity index (χ4n) is 3.47. The molecule has 3 heterocycles. The van der Waals surface area contributed by atoms with E-state index < -0.39 is 0 Å². The van der Waals surface area contributed by atoms with Crippen LogP contribution in [0.1, 0.15) is 37.9 Å².